The molecular weight excluding hydrogens is 348 g/mol. The fraction of sp³-hybridized carbons (Fsp3) is 0.522. The van der Waals surface area contributed by atoms with Crippen LogP contribution in [0.2, 0.25) is 0 Å². The highest BCUT2D eigenvalue weighted by atomic mass is 16.2. The number of hydrogen-bond donors (Lipinski definition) is 0. The van der Waals surface area contributed by atoms with Crippen LogP contribution >= 0.6 is 0 Å². The van der Waals surface area contributed by atoms with Crippen molar-refractivity contribution >= 4 is 11.7 Å². The van der Waals surface area contributed by atoms with E-state index in [4.69, 9.17) is 0 Å². The largest absolute Gasteiger partial charge is 0.352 e. The Bertz CT molecular complexity index is 848. The Morgan fingerprint density at radius 2 is 1.57 bits per heavy atom. The lowest BCUT2D eigenvalue weighted by atomic mass is 9.99. The van der Waals surface area contributed by atoms with Gasteiger partial charge >= 0.3 is 0 Å². The third-order valence-electron chi connectivity index (χ3n) is 6.39. The fourth-order valence-electron chi connectivity index (χ4n) is 4.46. The van der Waals surface area contributed by atoms with Crippen LogP contribution in [0, 0.1) is 26.7 Å². The second kappa shape index (κ2) is 7.90. The summed E-state index contributed by atoms with van der Waals surface area (Å²) in [5.74, 6) is 1.54. The topological polar surface area (TPSA) is 49.3 Å². The van der Waals surface area contributed by atoms with Gasteiger partial charge in [0.05, 0.1) is 5.69 Å². The standard InChI is InChI=1S/C23H30N4O/c1-16-14-18(3)20(15-17(16)2)21-8-9-22(25-24-21)26-10-12-27(13-11-26)23(28)19-6-4-5-7-19/h8-9,14-15,19H,4-7,10-13H2,1-3H3. The summed E-state index contributed by atoms with van der Waals surface area (Å²) in [5.41, 5.74) is 5.86. The van der Waals surface area contributed by atoms with Crippen LogP contribution in [0.4, 0.5) is 5.82 Å². The third kappa shape index (κ3) is 3.75. The van der Waals surface area contributed by atoms with Crippen molar-refractivity contribution in [2.45, 2.75) is 46.5 Å². The molecule has 0 N–H and O–H groups in total. The summed E-state index contributed by atoms with van der Waals surface area (Å²) in [6.45, 7) is 9.62. The van der Waals surface area contributed by atoms with Gasteiger partial charge < -0.3 is 9.80 Å². The smallest absolute Gasteiger partial charge is 0.225 e. The van der Waals surface area contributed by atoms with Crippen LogP contribution in [-0.4, -0.2) is 47.2 Å². The average Bonchev–Trinajstić information content (AvgIpc) is 3.25. The summed E-state index contributed by atoms with van der Waals surface area (Å²) in [4.78, 5) is 16.9. The van der Waals surface area contributed by atoms with E-state index in [1.54, 1.807) is 0 Å². The Morgan fingerprint density at radius 1 is 0.893 bits per heavy atom. The predicted molar refractivity (Wildman–Crippen MR) is 112 cm³/mol. The summed E-state index contributed by atoms with van der Waals surface area (Å²) in [5, 5.41) is 8.99. The van der Waals surface area contributed by atoms with E-state index < -0.39 is 0 Å². The molecule has 2 aromatic rings. The molecular formula is C23H30N4O. The monoisotopic (exact) mass is 378 g/mol. The number of carbonyl (C=O) groups is 1. The summed E-state index contributed by atoms with van der Waals surface area (Å²) in [7, 11) is 0. The first-order valence-corrected chi connectivity index (χ1v) is 10.5. The van der Waals surface area contributed by atoms with Crippen LogP contribution in [0.5, 0.6) is 0 Å². The van der Waals surface area contributed by atoms with Gasteiger partial charge in [0, 0.05) is 37.7 Å². The predicted octanol–water partition coefficient (Wildman–Crippen LogP) is 3.91. The van der Waals surface area contributed by atoms with Crippen LogP contribution in [0.25, 0.3) is 11.3 Å². The summed E-state index contributed by atoms with van der Waals surface area (Å²) < 4.78 is 0. The Balaban J connectivity index is 1.41. The normalized spacial score (nSPS) is 18.0. The minimum atomic E-state index is 0.270. The minimum Gasteiger partial charge on any atom is -0.352 e. The van der Waals surface area contributed by atoms with Crippen molar-refractivity contribution in [1.82, 2.24) is 15.1 Å². The molecule has 0 atom stereocenters. The van der Waals surface area contributed by atoms with Gasteiger partial charge in [0.15, 0.2) is 5.82 Å². The molecule has 1 saturated carbocycles. The zero-order chi connectivity index (χ0) is 19.7. The molecule has 1 aromatic heterocycles. The second-order valence-corrected chi connectivity index (χ2v) is 8.32. The Labute approximate surface area is 167 Å². The molecule has 148 valence electrons. The van der Waals surface area contributed by atoms with Crippen molar-refractivity contribution < 1.29 is 4.79 Å². The third-order valence-corrected chi connectivity index (χ3v) is 6.39. The maximum atomic E-state index is 12.6. The van der Waals surface area contributed by atoms with Crippen LogP contribution in [0.1, 0.15) is 42.4 Å². The number of aryl methyl sites for hydroxylation is 3. The van der Waals surface area contributed by atoms with Gasteiger partial charge in [-0.05, 0) is 68.5 Å². The molecule has 5 heteroatoms. The molecule has 0 spiro atoms. The van der Waals surface area contributed by atoms with E-state index in [0.29, 0.717) is 5.91 Å². The molecule has 5 nitrogen and oxygen atoms in total. The van der Waals surface area contributed by atoms with Crippen molar-refractivity contribution in [2.75, 3.05) is 31.1 Å². The second-order valence-electron chi connectivity index (χ2n) is 8.32. The molecule has 1 saturated heterocycles. The number of hydrogen-bond acceptors (Lipinski definition) is 4. The molecule has 1 amide bonds. The fourth-order valence-corrected chi connectivity index (χ4v) is 4.46. The Kier molecular flexibility index (Phi) is 5.33. The highest BCUT2D eigenvalue weighted by Gasteiger charge is 2.29. The average molecular weight is 379 g/mol. The molecule has 0 bridgehead atoms. The Hall–Kier alpha value is -2.43. The van der Waals surface area contributed by atoms with E-state index in [9.17, 15) is 4.79 Å². The SMILES string of the molecule is Cc1cc(C)c(-c2ccc(N3CCN(C(=O)C4CCCC4)CC3)nn2)cc1C. The zero-order valence-electron chi connectivity index (χ0n) is 17.2. The highest BCUT2D eigenvalue weighted by Crippen LogP contribution is 2.28. The van der Waals surface area contributed by atoms with Crippen molar-refractivity contribution in [3.8, 4) is 11.3 Å². The maximum absolute atomic E-state index is 12.6. The molecule has 2 aliphatic rings. The first-order chi connectivity index (χ1) is 13.5. The van der Waals surface area contributed by atoms with E-state index in [1.807, 2.05) is 4.90 Å². The van der Waals surface area contributed by atoms with Crippen LogP contribution in [-0.2, 0) is 4.79 Å². The van der Waals surface area contributed by atoms with Gasteiger partial charge in [0.2, 0.25) is 5.91 Å². The summed E-state index contributed by atoms with van der Waals surface area (Å²) in [6, 6.07) is 8.53. The number of amides is 1. The lowest BCUT2D eigenvalue weighted by molar-refractivity contribution is -0.135. The summed E-state index contributed by atoms with van der Waals surface area (Å²) >= 11 is 0. The van der Waals surface area contributed by atoms with Crippen LogP contribution in [0.3, 0.4) is 0 Å². The van der Waals surface area contributed by atoms with E-state index >= 15 is 0 Å². The first-order valence-electron chi connectivity index (χ1n) is 10.5. The number of aromatic nitrogens is 2. The van der Waals surface area contributed by atoms with Gasteiger partial charge in [-0.2, -0.15) is 0 Å². The van der Waals surface area contributed by atoms with Crippen molar-refractivity contribution in [1.29, 1.82) is 0 Å². The van der Waals surface area contributed by atoms with E-state index in [1.165, 1.54) is 29.5 Å². The first kappa shape index (κ1) is 18.9. The lowest BCUT2D eigenvalue weighted by Gasteiger charge is -2.36. The van der Waals surface area contributed by atoms with Gasteiger partial charge in [-0.3, -0.25) is 4.79 Å². The zero-order valence-corrected chi connectivity index (χ0v) is 17.2. The van der Waals surface area contributed by atoms with Crippen molar-refractivity contribution in [3.63, 3.8) is 0 Å². The van der Waals surface area contributed by atoms with Crippen LogP contribution < -0.4 is 4.90 Å². The molecule has 0 unspecified atom stereocenters. The highest BCUT2D eigenvalue weighted by molar-refractivity contribution is 5.79. The number of carbonyl (C=O) groups excluding carboxylic acids is 1. The number of anilines is 1. The summed E-state index contributed by atoms with van der Waals surface area (Å²) in [6.07, 6.45) is 4.56. The van der Waals surface area contributed by atoms with E-state index in [0.717, 1.165) is 56.1 Å². The molecule has 4 rings (SSSR count). The van der Waals surface area contributed by atoms with E-state index in [2.05, 4.69) is 60.1 Å². The molecule has 1 aliphatic carbocycles. The van der Waals surface area contributed by atoms with Gasteiger partial charge in [0.25, 0.3) is 0 Å². The molecule has 2 fully saturated rings. The van der Waals surface area contributed by atoms with Crippen molar-refractivity contribution in [2.24, 2.45) is 5.92 Å². The van der Waals surface area contributed by atoms with Crippen LogP contribution in [0.15, 0.2) is 24.3 Å². The number of benzene rings is 1. The molecule has 1 aliphatic heterocycles. The number of rotatable bonds is 3. The molecule has 1 aromatic carbocycles. The Morgan fingerprint density at radius 3 is 2.21 bits per heavy atom. The van der Waals surface area contributed by atoms with E-state index in [-0.39, 0.29) is 5.92 Å². The minimum absolute atomic E-state index is 0.270. The number of piperazine rings is 1. The van der Waals surface area contributed by atoms with Gasteiger partial charge in [-0.25, -0.2) is 0 Å². The quantitative estimate of drug-likeness (QED) is 0.813. The lowest BCUT2D eigenvalue weighted by Crippen LogP contribution is -2.50. The number of nitrogens with zero attached hydrogens (tertiary/aromatic N) is 4. The van der Waals surface area contributed by atoms with Crippen molar-refractivity contribution in [3.05, 3.63) is 41.0 Å². The van der Waals surface area contributed by atoms with Gasteiger partial charge in [-0.15, -0.1) is 10.2 Å². The molecule has 2 heterocycles. The molecule has 0 radical (unpaired) electrons. The molecule has 28 heavy (non-hydrogen) atoms. The van der Waals surface area contributed by atoms with Gasteiger partial charge in [0.1, 0.15) is 0 Å². The van der Waals surface area contributed by atoms with Gasteiger partial charge in [-0.1, -0.05) is 18.9 Å². The maximum Gasteiger partial charge on any atom is 0.225 e.